The van der Waals surface area contributed by atoms with Crippen molar-refractivity contribution in [3.8, 4) is 0 Å². The summed E-state index contributed by atoms with van der Waals surface area (Å²) in [6, 6.07) is 6.32. The summed E-state index contributed by atoms with van der Waals surface area (Å²) in [7, 11) is 0. The molecule has 0 aliphatic carbocycles. The minimum atomic E-state index is -0.347. The zero-order valence-electron chi connectivity index (χ0n) is 9.05. The second-order valence-electron chi connectivity index (χ2n) is 3.62. The van der Waals surface area contributed by atoms with Crippen LogP contribution in [0.1, 0.15) is 16.1 Å². The molecule has 2 aromatic rings. The monoisotopic (exact) mass is 296 g/mol. The zero-order valence-corrected chi connectivity index (χ0v) is 10.6. The minimum Gasteiger partial charge on any atom is -0.357 e. The summed E-state index contributed by atoms with van der Waals surface area (Å²) in [5, 5.41) is 2.71. The SMILES string of the molecule is Cc1cc(F)c(Br)cc1NC(=O)c1ccc[nH]1. The van der Waals surface area contributed by atoms with Gasteiger partial charge in [-0.2, -0.15) is 0 Å². The first-order valence-corrected chi connectivity index (χ1v) is 5.77. The van der Waals surface area contributed by atoms with E-state index in [2.05, 4.69) is 26.2 Å². The molecule has 1 aromatic carbocycles. The Morgan fingerprint density at radius 3 is 2.88 bits per heavy atom. The maximum absolute atomic E-state index is 13.2. The summed E-state index contributed by atoms with van der Waals surface area (Å²) < 4.78 is 13.5. The molecule has 0 radical (unpaired) electrons. The maximum Gasteiger partial charge on any atom is 0.272 e. The van der Waals surface area contributed by atoms with Crippen LogP contribution >= 0.6 is 15.9 Å². The molecule has 0 aliphatic heterocycles. The van der Waals surface area contributed by atoms with Gasteiger partial charge in [0.1, 0.15) is 11.5 Å². The Morgan fingerprint density at radius 2 is 2.24 bits per heavy atom. The second kappa shape index (κ2) is 4.71. The Bertz CT molecular complexity index is 552. The predicted molar refractivity (Wildman–Crippen MR) is 67.6 cm³/mol. The number of halogens is 2. The number of aryl methyl sites for hydroxylation is 1. The van der Waals surface area contributed by atoms with Crippen LogP contribution < -0.4 is 5.32 Å². The highest BCUT2D eigenvalue weighted by Gasteiger charge is 2.10. The lowest BCUT2D eigenvalue weighted by Gasteiger charge is -2.08. The molecule has 0 aliphatic rings. The number of amides is 1. The highest BCUT2D eigenvalue weighted by molar-refractivity contribution is 9.10. The quantitative estimate of drug-likeness (QED) is 0.876. The van der Waals surface area contributed by atoms with Gasteiger partial charge in [-0.1, -0.05) is 0 Å². The molecule has 0 bridgehead atoms. The zero-order chi connectivity index (χ0) is 12.4. The summed E-state index contributed by atoms with van der Waals surface area (Å²) >= 11 is 3.08. The van der Waals surface area contributed by atoms with Crippen molar-refractivity contribution in [1.29, 1.82) is 0 Å². The van der Waals surface area contributed by atoms with Crippen molar-refractivity contribution >= 4 is 27.5 Å². The molecule has 1 amide bonds. The minimum absolute atomic E-state index is 0.253. The molecule has 0 spiro atoms. The number of hydrogen-bond donors (Lipinski definition) is 2. The maximum atomic E-state index is 13.2. The molecule has 0 unspecified atom stereocenters. The number of aromatic nitrogens is 1. The molecule has 0 saturated heterocycles. The Labute approximate surface area is 106 Å². The highest BCUT2D eigenvalue weighted by Crippen LogP contribution is 2.24. The number of carbonyl (C=O) groups excluding carboxylic acids is 1. The van der Waals surface area contributed by atoms with Gasteiger partial charge in [-0.15, -0.1) is 0 Å². The van der Waals surface area contributed by atoms with Crippen LogP contribution in [0, 0.1) is 12.7 Å². The fraction of sp³-hybridized carbons (Fsp3) is 0.0833. The lowest BCUT2D eigenvalue weighted by Crippen LogP contribution is -2.13. The molecule has 0 atom stereocenters. The normalized spacial score (nSPS) is 10.3. The van der Waals surface area contributed by atoms with Gasteiger partial charge in [0.15, 0.2) is 0 Å². The molecule has 1 heterocycles. The van der Waals surface area contributed by atoms with Crippen LogP contribution in [-0.4, -0.2) is 10.9 Å². The Balaban J connectivity index is 2.25. The Hall–Kier alpha value is -1.62. The molecular formula is C12H10BrFN2O. The third kappa shape index (κ3) is 2.55. The lowest BCUT2D eigenvalue weighted by molar-refractivity contribution is 0.102. The van der Waals surface area contributed by atoms with Crippen LogP contribution in [0.25, 0.3) is 0 Å². The van der Waals surface area contributed by atoms with Crippen molar-refractivity contribution in [1.82, 2.24) is 4.98 Å². The number of nitrogens with one attached hydrogen (secondary N) is 2. The highest BCUT2D eigenvalue weighted by atomic mass is 79.9. The van der Waals surface area contributed by atoms with Crippen molar-refractivity contribution in [3.63, 3.8) is 0 Å². The van der Waals surface area contributed by atoms with E-state index in [1.165, 1.54) is 6.07 Å². The van der Waals surface area contributed by atoms with E-state index < -0.39 is 0 Å². The van der Waals surface area contributed by atoms with Gasteiger partial charge >= 0.3 is 0 Å². The first-order chi connectivity index (χ1) is 8.08. The van der Waals surface area contributed by atoms with Crippen molar-refractivity contribution in [2.45, 2.75) is 6.92 Å². The van der Waals surface area contributed by atoms with Gasteiger partial charge in [0.2, 0.25) is 0 Å². The molecule has 2 N–H and O–H groups in total. The number of anilines is 1. The van der Waals surface area contributed by atoms with Crippen LogP contribution in [-0.2, 0) is 0 Å². The second-order valence-corrected chi connectivity index (χ2v) is 4.47. The standard InChI is InChI=1S/C12H10BrFN2O/c1-7-5-9(14)8(13)6-11(7)16-12(17)10-3-2-4-15-10/h2-6,15H,1H3,(H,16,17). The molecular weight excluding hydrogens is 287 g/mol. The van der Waals surface area contributed by atoms with Crippen molar-refractivity contribution < 1.29 is 9.18 Å². The van der Waals surface area contributed by atoms with E-state index in [4.69, 9.17) is 0 Å². The molecule has 0 fully saturated rings. The Morgan fingerprint density at radius 1 is 1.47 bits per heavy atom. The molecule has 17 heavy (non-hydrogen) atoms. The van der Waals surface area contributed by atoms with Gasteiger partial charge in [0, 0.05) is 11.9 Å². The van der Waals surface area contributed by atoms with E-state index in [1.54, 1.807) is 31.3 Å². The number of benzene rings is 1. The van der Waals surface area contributed by atoms with Crippen LogP contribution in [0.3, 0.4) is 0 Å². The summed E-state index contributed by atoms with van der Waals surface area (Å²) in [6.07, 6.45) is 1.67. The van der Waals surface area contributed by atoms with Gasteiger partial charge in [-0.05, 0) is 52.7 Å². The van der Waals surface area contributed by atoms with E-state index >= 15 is 0 Å². The number of rotatable bonds is 2. The van der Waals surface area contributed by atoms with Gasteiger partial charge in [0.25, 0.3) is 5.91 Å². The van der Waals surface area contributed by atoms with Crippen molar-refractivity contribution in [3.05, 3.63) is 52.0 Å². The molecule has 3 nitrogen and oxygen atoms in total. The van der Waals surface area contributed by atoms with Crippen molar-refractivity contribution in [2.75, 3.05) is 5.32 Å². The number of aromatic amines is 1. The van der Waals surface area contributed by atoms with Gasteiger partial charge in [-0.3, -0.25) is 4.79 Å². The largest absolute Gasteiger partial charge is 0.357 e. The average molecular weight is 297 g/mol. The molecule has 5 heteroatoms. The van der Waals surface area contributed by atoms with E-state index in [9.17, 15) is 9.18 Å². The predicted octanol–water partition coefficient (Wildman–Crippen LogP) is 3.48. The first-order valence-electron chi connectivity index (χ1n) is 4.98. The van der Waals surface area contributed by atoms with Gasteiger partial charge in [-0.25, -0.2) is 4.39 Å². The third-order valence-corrected chi connectivity index (χ3v) is 2.97. The van der Waals surface area contributed by atoms with Gasteiger partial charge < -0.3 is 10.3 Å². The van der Waals surface area contributed by atoms with E-state index in [0.29, 0.717) is 21.4 Å². The van der Waals surface area contributed by atoms with Crippen LogP contribution in [0.4, 0.5) is 10.1 Å². The summed E-state index contributed by atoms with van der Waals surface area (Å²) in [6.45, 7) is 1.74. The molecule has 2 rings (SSSR count). The number of H-pyrrole nitrogens is 1. The molecule has 88 valence electrons. The van der Waals surface area contributed by atoms with E-state index in [1.807, 2.05) is 0 Å². The first kappa shape index (κ1) is 11.9. The number of carbonyl (C=O) groups is 1. The van der Waals surface area contributed by atoms with Gasteiger partial charge in [0.05, 0.1) is 4.47 Å². The van der Waals surface area contributed by atoms with Crippen molar-refractivity contribution in [2.24, 2.45) is 0 Å². The summed E-state index contributed by atoms with van der Waals surface area (Å²) in [5.41, 5.74) is 1.72. The summed E-state index contributed by atoms with van der Waals surface area (Å²) in [4.78, 5) is 14.6. The average Bonchev–Trinajstić information content (AvgIpc) is 2.79. The fourth-order valence-corrected chi connectivity index (χ4v) is 1.79. The van der Waals surface area contributed by atoms with E-state index in [0.717, 1.165) is 0 Å². The number of hydrogen-bond acceptors (Lipinski definition) is 1. The van der Waals surface area contributed by atoms with Crippen LogP contribution in [0.5, 0.6) is 0 Å². The Kier molecular flexibility index (Phi) is 3.28. The molecule has 1 aromatic heterocycles. The summed E-state index contributed by atoms with van der Waals surface area (Å²) in [5.74, 6) is -0.600. The topological polar surface area (TPSA) is 44.9 Å². The molecule has 0 saturated carbocycles. The van der Waals surface area contributed by atoms with E-state index in [-0.39, 0.29) is 11.7 Å². The lowest BCUT2D eigenvalue weighted by atomic mass is 10.2. The smallest absolute Gasteiger partial charge is 0.272 e. The fourth-order valence-electron chi connectivity index (χ4n) is 1.44. The van der Waals surface area contributed by atoms with Crippen LogP contribution in [0.15, 0.2) is 34.9 Å². The third-order valence-electron chi connectivity index (χ3n) is 2.36. The van der Waals surface area contributed by atoms with Crippen LogP contribution in [0.2, 0.25) is 0 Å².